The van der Waals surface area contributed by atoms with E-state index in [2.05, 4.69) is 6.07 Å². The van der Waals surface area contributed by atoms with Gasteiger partial charge in [-0.25, -0.2) is 4.98 Å². The van der Waals surface area contributed by atoms with Gasteiger partial charge in [-0.3, -0.25) is 9.59 Å². The van der Waals surface area contributed by atoms with Gasteiger partial charge in [0.05, 0.1) is 18.4 Å². The van der Waals surface area contributed by atoms with E-state index in [1.807, 2.05) is 6.92 Å². The van der Waals surface area contributed by atoms with Crippen LogP contribution in [0, 0.1) is 0 Å². The fraction of sp³-hybridized carbons (Fsp3) is 0.438. The zero-order chi connectivity index (χ0) is 15.7. The monoisotopic (exact) mass is 318 g/mol. The standard InChI is InChI=1S/C16H18N2O3S/c1-2-21-14-10-7-9-5-3-4-6-11(9)18-16(10)22-15(14)12(19)8-13(17)20/h7H,2-6,8H2,1H3,(H2,17,20). The van der Waals surface area contributed by atoms with E-state index in [1.165, 1.54) is 23.3 Å². The minimum atomic E-state index is -0.628. The number of Topliss-reactive ketones (excluding diaryl/α,β-unsaturated/α-hetero) is 1. The molecule has 0 spiro atoms. The van der Waals surface area contributed by atoms with E-state index in [0.717, 1.165) is 35.2 Å². The second-order valence-corrected chi connectivity index (χ2v) is 6.41. The topological polar surface area (TPSA) is 82.3 Å². The molecule has 0 atom stereocenters. The lowest BCUT2D eigenvalue weighted by molar-refractivity contribution is -0.117. The summed E-state index contributed by atoms with van der Waals surface area (Å²) >= 11 is 1.29. The molecule has 2 aromatic heterocycles. The van der Waals surface area contributed by atoms with Crippen molar-refractivity contribution < 1.29 is 14.3 Å². The average molecular weight is 318 g/mol. The predicted molar refractivity (Wildman–Crippen MR) is 85.6 cm³/mol. The molecule has 0 saturated heterocycles. The highest BCUT2D eigenvalue weighted by Gasteiger charge is 2.23. The van der Waals surface area contributed by atoms with Crippen molar-refractivity contribution in [3.05, 3.63) is 22.2 Å². The number of hydrogen-bond acceptors (Lipinski definition) is 5. The highest BCUT2D eigenvalue weighted by molar-refractivity contribution is 7.21. The molecular formula is C16H18N2O3S. The molecule has 0 fully saturated rings. The minimum Gasteiger partial charge on any atom is -0.492 e. The van der Waals surface area contributed by atoms with Gasteiger partial charge in [-0.15, -0.1) is 11.3 Å². The summed E-state index contributed by atoms with van der Waals surface area (Å²) < 4.78 is 5.68. The maximum atomic E-state index is 12.2. The molecular weight excluding hydrogens is 300 g/mol. The Hall–Kier alpha value is -1.95. The van der Waals surface area contributed by atoms with Crippen LogP contribution in [0.4, 0.5) is 0 Å². The van der Waals surface area contributed by atoms with E-state index in [9.17, 15) is 9.59 Å². The number of nitrogens with zero attached hydrogens (tertiary/aromatic N) is 1. The van der Waals surface area contributed by atoms with Gasteiger partial charge in [-0.1, -0.05) is 0 Å². The number of rotatable bonds is 5. The Balaban J connectivity index is 2.13. The van der Waals surface area contributed by atoms with E-state index in [0.29, 0.717) is 17.2 Å². The number of hydrogen-bond donors (Lipinski definition) is 1. The normalized spacial score (nSPS) is 13.9. The number of amides is 1. The Labute approximate surface area is 132 Å². The van der Waals surface area contributed by atoms with Gasteiger partial charge in [-0.2, -0.15) is 0 Å². The molecule has 0 aromatic carbocycles. The molecule has 6 heteroatoms. The Morgan fingerprint density at radius 2 is 2.14 bits per heavy atom. The summed E-state index contributed by atoms with van der Waals surface area (Å²) in [6.45, 7) is 2.33. The van der Waals surface area contributed by atoms with Gasteiger partial charge in [0, 0.05) is 5.69 Å². The number of ketones is 1. The predicted octanol–water partition coefficient (Wildman–Crippen LogP) is 2.63. The second-order valence-electron chi connectivity index (χ2n) is 5.41. The highest BCUT2D eigenvalue weighted by atomic mass is 32.1. The first-order chi connectivity index (χ1) is 10.6. The molecule has 2 heterocycles. The molecule has 0 bridgehead atoms. The Morgan fingerprint density at radius 3 is 2.86 bits per heavy atom. The van der Waals surface area contributed by atoms with Crippen molar-refractivity contribution in [2.45, 2.75) is 39.0 Å². The fourth-order valence-electron chi connectivity index (χ4n) is 2.83. The Morgan fingerprint density at radius 1 is 1.36 bits per heavy atom. The van der Waals surface area contributed by atoms with Crippen molar-refractivity contribution in [1.82, 2.24) is 4.98 Å². The van der Waals surface area contributed by atoms with Crippen molar-refractivity contribution >= 4 is 33.2 Å². The van der Waals surface area contributed by atoms with Crippen molar-refractivity contribution in [3.8, 4) is 5.75 Å². The first-order valence-corrected chi connectivity index (χ1v) is 8.31. The third-order valence-corrected chi connectivity index (χ3v) is 4.91. The van der Waals surface area contributed by atoms with Crippen LogP contribution in [0.25, 0.3) is 10.2 Å². The number of pyridine rings is 1. The molecule has 1 aliphatic carbocycles. The van der Waals surface area contributed by atoms with Crippen LogP contribution in [0.15, 0.2) is 6.07 Å². The molecule has 116 valence electrons. The minimum absolute atomic E-state index is 0.295. The Bertz CT molecular complexity index is 751. The summed E-state index contributed by atoms with van der Waals surface area (Å²) in [7, 11) is 0. The van der Waals surface area contributed by atoms with Crippen molar-refractivity contribution in [1.29, 1.82) is 0 Å². The van der Waals surface area contributed by atoms with Gasteiger partial charge < -0.3 is 10.5 Å². The van der Waals surface area contributed by atoms with Crippen LogP contribution in [0.3, 0.4) is 0 Å². The number of carbonyl (C=O) groups is 2. The first kappa shape index (κ1) is 15.0. The van der Waals surface area contributed by atoms with Crippen LogP contribution in [-0.2, 0) is 17.6 Å². The number of fused-ring (bicyclic) bond motifs is 2. The number of ether oxygens (including phenoxy) is 1. The number of carbonyl (C=O) groups excluding carboxylic acids is 2. The molecule has 2 N–H and O–H groups in total. The van der Waals surface area contributed by atoms with Crippen LogP contribution in [0.1, 0.15) is 47.1 Å². The van der Waals surface area contributed by atoms with Crippen molar-refractivity contribution in [2.24, 2.45) is 5.73 Å². The smallest absolute Gasteiger partial charge is 0.225 e. The summed E-state index contributed by atoms with van der Waals surface area (Å²) in [5.74, 6) is -0.372. The molecule has 1 aliphatic rings. The van der Waals surface area contributed by atoms with E-state index in [4.69, 9.17) is 15.5 Å². The number of aryl methyl sites for hydroxylation is 2. The van der Waals surface area contributed by atoms with Crippen molar-refractivity contribution in [2.75, 3.05) is 6.61 Å². The molecule has 0 aliphatic heterocycles. The Kier molecular flexibility index (Phi) is 4.11. The maximum Gasteiger partial charge on any atom is 0.225 e. The second kappa shape index (κ2) is 6.04. The lowest BCUT2D eigenvalue weighted by Gasteiger charge is -2.14. The van der Waals surface area contributed by atoms with Gasteiger partial charge in [0.1, 0.15) is 15.5 Å². The third-order valence-electron chi connectivity index (χ3n) is 3.79. The summed E-state index contributed by atoms with van der Waals surface area (Å²) in [4.78, 5) is 29.2. The molecule has 5 nitrogen and oxygen atoms in total. The summed E-state index contributed by atoms with van der Waals surface area (Å²) in [5.41, 5.74) is 7.50. The molecule has 2 aromatic rings. The van der Waals surface area contributed by atoms with E-state index in [-0.39, 0.29) is 12.2 Å². The first-order valence-electron chi connectivity index (χ1n) is 7.49. The van der Waals surface area contributed by atoms with Crippen molar-refractivity contribution in [3.63, 3.8) is 0 Å². The van der Waals surface area contributed by atoms with E-state index < -0.39 is 5.91 Å². The van der Waals surface area contributed by atoms with E-state index >= 15 is 0 Å². The highest BCUT2D eigenvalue weighted by Crippen LogP contribution is 2.39. The lowest BCUT2D eigenvalue weighted by Crippen LogP contribution is -2.16. The number of aromatic nitrogens is 1. The fourth-order valence-corrected chi connectivity index (χ4v) is 3.89. The van der Waals surface area contributed by atoms with Crippen LogP contribution in [0.5, 0.6) is 5.75 Å². The summed E-state index contributed by atoms with van der Waals surface area (Å²) in [5, 5.41) is 0.875. The zero-order valence-corrected chi connectivity index (χ0v) is 13.3. The van der Waals surface area contributed by atoms with Gasteiger partial charge >= 0.3 is 0 Å². The zero-order valence-electron chi connectivity index (χ0n) is 12.5. The largest absolute Gasteiger partial charge is 0.492 e. The van der Waals surface area contributed by atoms with Crippen LogP contribution in [0.2, 0.25) is 0 Å². The van der Waals surface area contributed by atoms with Crippen LogP contribution in [-0.4, -0.2) is 23.3 Å². The summed E-state index contributed by atoms with van der Waals surface area (Å²) in [6, 6.07) is 2.10. The number of nitrogens with two attached hydrogens (primary N) is 1. The SMILES string of the molecule is CCOc1c(C(=O)CC(N)=O)sc2nc3c(cc12)CCCC3. The van der Waals surface area contributed by atoms with Crippen LogP contribution >= 0.6 is 11.3 Å². The lowest BCUT2D eigenvalue weighted by atomic mass is 9.95. The van der Waals surface area contributed by atoms with Gasteiger partial charge in [0.25, 0.3) is 0 Å². The molecule has 3 rings (SSSR count). The van der Waals surface area contributed by atoms with Gasteiger partial charge in [0.15, 0.2) is 5.78 Å². The summed E-state index contributed by atoms with van der Waals surface area (Å²) in [6.07, 6.45) is 4.03. The molecule has 0 radical (unpaired) electrons. The number of primary amides is 1. The third kappa shape index (κ3) is 2.70. The van der Waals surface area contributed by atoms with Crippen LogP contribution < -0.4 is 10.5 Å². The molecule has 0 saturated carbocycles. The molecule has 1 amide bonds. The molecule has 0 unspecified atom stereocenters. The molecule has 22 heavy (non-hydrogen) atoms. The van der Waals surface area contributed by atoms with Gasteiger partial charge in [0.2, 0.25) is 5.91 Å². The quantitative estimate of drug-likeness (QED) is 0.678. The number of thiophene rings is 1. The van der Waals surface area contributed by atoms with E-state index in [1.54, 1.807) is 0 Å². The average Bonchev–Trinajstić information content (AvgIpc) is 2.83. The van der Waals surface area contributed by atoms with Gasteiger partial charge in [-0.05, 0) is 44.2 Å². The maximum absolute atomic E-state index is 12.2.